The van der Waals surface area contributed by atoms with Crippen molar-refractivity contribution in [2.45, 2.75) is 18.4 Å². The Balaban J connectivity index is 1.63. The molecule has 3 rings (SSSR count). The molecule has 0 amide bonds. The van der Waals surface area contributed by atoms with Crippen LogP contribution in [0.4, 0.5) is 4.39 Å². The van der Waals surface area contributed by atoms with Gasteiger partial charge in [0.05, 0.1) is 4.90 Å². The first-order valence-corrected chi connectivity index (χ1v) is 9.43. The van der Waals surface area contributed by atoms with Gasteiger partial charge in [0, 0.05) is 32.7 Å². The highest BCUT2D eigenvalue weighted by molar-refractivity contribution is 7.89. The summed E-state index contributed by atoms with van der Waals surface area (Å²) in [6.45, 7) is 4.87. The monoisotopic (exact) mass is 348 g/mol. The molecule has 0 saturated carbocycles. The summed E-state index contributed by atoms with van der Waals surface area (Å²) in [6.07, 6.45) is 0. The number of hydrogen-bond donors (Lipinski definition) is 0. The number of benzene rings is 2. The van der Waals surface area contributed by atoms with Crippen LogP contribution in [0.5, 0.6) is 0 Å². The van der Waals surface area contributed by atoms with Gasteiger partial charge in [-0.3, -0.25) is 4.90 Å². The second-order valence-electron chi connectivity index (χ2n) is 6.12. The summed E-state index contributed by atoms with van der Waals surface area (Å²) in [5.74, 6) is -0.243. The minimum Gasteiger partial charge on any atom is -0.296 e. The minimum atomic E-state index is -3.43. The number of hydrogen-bond acceptors (Lipinski definition) is 3. The van der Waals surface area contributed by atoms with Gasteiger partial charge in [0.25, 0.3) is 0 Å². The summed E-state index contributed by atoms with van der Waals surface area (Å²) in [6, 6.07) is 13.5. The van der Waals surface area contributed by atoms with Crippen LogP contribution in [0.25, 0.3) is 0 Å². The van der Waals surface area contributed by atoms with Gasteiger partial charge in [-0.15, -0.1) is 0 Å². The van der Waals surface area contributed by atoms with E-state index in [1.54, 1.807) is 34.6 Å². The standard InChI is InChI=1S/C18H21FN2O2S/c1-15-3-2-4-18(13-15)24(22,23)21-11-9-20(10-12-21)14-16-5-7-17(19)8-6-16/h2-8,13H,9-12,14H2,1H3. The average molecular weight is 348 g/mol. The fraction of sp³-hybridized carbons (Fsp3) is 0.333. The SMILES string of the molecule is Cc1cccc(S(=O)(=O)N2CCN(Cc3ccc(F)cc3)CC2)c1. The van der Waals surface area contributed by atoms with Crippen molar-refractivity contribution < 1.29 is 12.8 Å². The number of aryl methyl sites for hydroxylation is 1. The summed E-state index contributed by atoms with van der Waals surface area (Å²) >= 11 is 0. The van der Waals surface area contributed by atoms with Crippen LogP contribution < -0.4 is 0 Å². The highest BCUT2D eigenvalue weighted by Gasteiger charge is 2.28. The lowest BCUT2D eigenvalue weighted by atomic mass is 10.2. The molecule has 1 saturated heterocycles. The molecule has 2 aromatic carbocycles. The van der Waals surface area contributed by atoms with Gasteiger partial charge in [-0.1, -0.05) is 24.3 Å². The van der Waals surface area contributed by atoms with Gasteiger partial charge in [0.1, 0.15) is 5.82 Å². The Bertz CT molecular complexity index is 798. The zero-order valence-corrected chi connectivity index (χ0v) is 14.5. The molecule has 0 radical (unpaired) electrons. The molecule has 1 aliphatic rings. The topological polar surface area (TPSA) is 40.6 Å². The number of piperazine rings is 1. The molecule has 4 nitrogen and oxygen atoms in total. The molecule has 0 aliphatic carbocycles. The number of sulfonamides is 1. The van der Waals surface area contributed by atoms with Gasteiger partial charge in [-0.2, -0.15) is 4.31 Å². The van der Waals surface area contributed by atoms with E-state index < -0.39 is 10.0 Å². The smallest absolute Gasteiger partial charge is 0.243 e. The van der Waals surface area contributed by atoms with E-state index in [1.165, 1.54) is 12.1 Å². The first kappa shape index (κ1) is 17.1. The van der Waals surface area contributed by atoms with Crippen LogP contribution in [-0.4, -0.2) is 43.8 Å². The summed E-state index contributed by atoms with van der Waals surface area (Å²) in [4.78, 5) is 2.55. The lowest BCUT2D eigenvalue weighted by Crippen LogP contribution is -2.48. The molecule has 0 unspecified atom stereocenters. The van der Waals surface area contributed by atoms with Crippen molar-refractivity contribution >= 4 is 10.0 Å². The highest BCUT2D eigenvalue weighted by Crippen LogP contribution is 2.19. The first-order chi connectivity index (χ1) is 11.4. The van der Waals surface area contributed by atoms with Crippen molar-refractivity contribution in [1.29, 1.82) is 0 Å². The zero-order chi connectivity index (χ0) is 17.2. The summed E-state index contributed by atoms with van der Waals surface area (Å²) in [5.41, 5.74) is 1.97. The maximum Gasteiger partial charge on any atom is 0.243 e. The molecular formula is C18H21FN2O2S. The fourth-order valence-electron chi connectivity index (χ4n) is 2.90. The molecule has 0 bridgehead atoms. The van der Waals surface area contributed by atoms with E-state index in [2.05, 4.69) is 4.90 Å². The van der Waals surface area contributed by atoms with Crippen LogP contribution in [0.3, 0.4) is 0 Å². The van der Waals surface area contributed by atoms with Crippen molar-refractivity contribution in [3.05, 3.63) is 65.5 Å². The zero-order valence-electron chi connectivity index (χ0n) is 13.7. The van der Waals surface area contributed by atoms with Crippen LogP contribution in [0, 0.1) is 12.7 Å². The Hall–Kier alpha value is -1.76. The van der Waals surface area contributed by atoms with Gasteiger partial charge in [-0.25, -0.2) is 12.8 Å². The van der Waals surface area contributed by atoms with E-state index in [9.17, 15) is 12.8 Å². The summed E-state index contributed by atoms with van der Waals surface area (Å²) in [5, 5.41) is 0. The molecular weight excluding hydrogens is 327 g/mol. The molecule has 0 atom stereocenters. The van der Waals surface area contributed by atoms with E-state index in [4.69, 9.17) is 0 Å². The Morgan fingerprint density at radius 1 is 1.00 bits per heavy atom. The maximum atomic E-state index is 13.0. The molecule has 2 aromatic rings. The van der Waals surface area contributed by atoms with Gasteiger partial charge in [0.15, 0.2) is 0 Å². The van der Waals surface area contributed by atoms with Crippen molar-refractivity contribution in [1.82, 2.24) is 9.21 Å². The molecule has 128 valence electrons. The third kappa shape index (κ3) is 3.83. The lowest BCUT2D eigenvalue weighted by molar-refractivity contribution is 0.181. The highest BCUT2D eigenvalue weighted by atomic mass is 32.2. The number of nitrogens with zero attached hydrogens (tertiary/aromatic N) is 2. The van der Waals surface area contributed by atoms with Crippen molar-refractivity contribution in [2.24, 2.45) is 0 Å². The van der Waals surface area contributed by atoms with E-state index >= 15 is 0 Å². The molecule has 0 spiro atoms. The Labute approximate surface area is 142 Å². The normalized spacial score (nSPS) is 17.1. The summed E-state index contributed by atoms with van der Waals surface area (Å²) < 4.78 is 39.9. The molecule has 1 aliphatic heterocycles. The third-order valence-corrected chi connectivity index (χ3v) is 6.17. The Kier molecular flexibility index (Phi) is 4.99. The van der Waals surface area contributed by atoms with E-state index in [-0.39, 0.29) is 5.82 Å². The number of rotatable bonds is 4. The summed E-state index contributed by atoms with van der Waals surface area (Å²) in [7, 11) is -3.43. The van der Waals surface area contributed by atoms with E-state index in [1.807, 2.05) is 13.0 Å². The lowest BCUT2D eigenvalue weighted by Gasteiger charge is -2.34. The minimum absolute atomic E-state index is 0.243. The fourth-order valence-corrected chi connectivity index (χ4v) is 4.43. The second-order valence-corrected chi connectivity index (χ2v) is 8.06. The molecule has 1 heterocycles. The molecule has 0 aromatic heterocycles. The van der Waals surface area contributed by atoms with Gasteiger partial charge in [0.2, 0.25) is 10.0 Å². The van der Waals surface area contributed by atoms with Crippen LogP contribution >= 0.6 is 0 Å². The maximum absolute atomic E-state index is 13.0. The molecule has 6 heteroatoms. The molecule has 1 fully saturated rings. The predicted molar refractivity (Wildman–Crippen MR) is 91.6 cm³/mol. The van der Waals surface area contributed by atoms with Gasteiger partial charge >= 0.3 is 0 Å². The number of halogens is 1. The van der Waals surface area contributed by atoms with Crippen LogP contribution in [0.15, 0.2) is 53.4 Å². The van der Waals surface area contributed by atoms with Crippen LogP contribution in [0.2, 0.25) is 0 Å². The van der Waals surface area contributed by atoms with Crippen molar-refractivity contribution in [2.75, 3.05) is 26.2 Å². The van der Waals surface area contributed by atoms with Crippen LogP contribution in [-0.2, 0) is 16.6 Å². The quantitative estimate of drug-likeness (QED) is 0.853. The molecule has 24 heavy (non-hydrogen) atoms. The molecule has 0 N–H and O–H groups in total. The van der Waals surface area contributed by atoms with Crippen molar-refractivity contribution in [3.63, 3.8) is 0 Å². The first-order valence-electron chi connectivity index (χ1n) is 7.99. The van der Waals surface area contributed by atoms with Gasteiger partial charge < -0.3 is 0 Å². The third-order valence-electron chi connectivity index (χ3n) is 4.28. The van der Waals surface area contributed by atoms with E-state index in [0.717, 1.165) is 11.1 Å². The predicted octanol–water partition coefficient (Wildman–Crippen LogP) is 2.64. The second kappa shape index (κ2) is 7.01. The Morgan fingerprint density at radius 3 is 2.29 bits per heavy atom. The van der Waals surface area contributed by atoms with Crippen LogP contribution in [0.1, 0.15) is 11.1 Å². The van der Waals surface area contributed by atoms with E-state index in [0.29, 0.717) is 37.6 Å². The Morgan fingerprint density at radius 2 is 1.67 bits per heavy atom. The van der Waals surface area contributed by atoms with Gasteiger partial charge in [-0.05, 0) is 42.3 Å². The average Bonchev–Trinajstić information content (AvgIpc) is 2.57. The largest absolute Gasteiger partial charge is 0.296 e. The van der Waals surface area contributed by atoms with Crippen molar-refractivity contribution in [3.8, 4) is 0 Å².